The molecular formula is C16H20ClNO3. The number of carbonyl (C=O) groups excluding carboxylic acids is 1. The summed E-state index contributed by atoms with van der Waals surface area (Å²) < 4.78 is 0. The van der Waals surface area contributed by atoms with Gasteiger partial charge < -0.3 is 10.0 Å². The predicted octanol–water partition coefficient (Wildman–Crippen LogP) is 3.50. The fourth-order valence-corrected chi connectivity index (χ4v) is 3.11. The van der Waals surface area contributed by atoms with Crippen LogP contribution in [0.15, 0.2) is 24.3 Å². The van der Waals surface area contributed by atoms with Gasteiger partial charge in [0.2, 0.25) is 5.91 Å². The quantitative estimate of drug-likeness (QED) is 0.909. The minimum atomic E-state index is -0.864. The molecule has 1 N–H and O–H groups in total. The highest BCUT2D eigenvalue weighted by Crippen LogP contribution is 2.41. The Hall–Kier alpha value is -1.55. The molecule has 1 saturated heterocycles. The first-order valence-corrected chi connectivity index (χ1v) is 7.40. The Labute approximate surface area is 129 Å². The summed E-state index contributed by atoms with van der Waals surface area (Å²) in [4.78, 5) is 25.7. The molecule has 1 aromatic rings. The smallest absolute Gasteiger partial charge is 0.308 e. The number of rotatable bonds is 2. The third-order valence-electron chi connectivity index (χ3n) is 3.85. The number of halogens is 1. The highest BCUT2D eigenvalue weighted by atomic mass is 35.5. The minimum Gasteiger partial charge on any atom is -0.481 e. The van der Waals surface area contributed by atoms with Gasteiger partial charge in [-0.05, 0) is 44.9 Å². The number of hydrogen-bond acceptors (Lipinski definition) is 2. The molecule has 1 aromatic carbocycles. The van der Waals surface area contributed by atoms with Crippen molar-refractivity contribution in [3.05, 3.63) is 34.9 Å². The average molecular weight is 310 g/mol. The molecule has 2 atom stereocenters. The molecule has 1 amide bonds. The van der Waals surface area contributed by atoms with Crippen LogP contribution in [-0.2, 0) is 9.59 Å². The van der Waals surface area contributed by atoms with Gasteiger partial charge in [0.25, 0.3) is 0 Å². The average Bonchev–Trinajstić information content (AvgIpc) is 2.37. The van der Waals surface area contributed by atoms with Crippen LogP contribution in [0.1, 0.15) is 45.2 Å². The van der Waals surface area contributed by atoms with E-state index in [1.807, 2.05) is 20.8 Å². The van der Waals surface area contributed by atoms with E-state index >= 15 is 0 Å². The highest BCUT2D eigenvalue weighted by molar-refractivity contribution is 6.30. The zero-order valence-electron chi connectivity index (χ0n) is 12.5. The highest BCUT2D eigenvalue weighted by Gasteiger charge is 2.44. The fourth-order valence-electron chi connectivity index (χ4n) is 2.98. The van der Waals surface area contributed by atoms with Crippen LogP contribution in [0, 0.1) is 5.92 Å². The van der Waals surface area contributed by atoms with E-state index < -0.39 is 23.5 Å². The van der Waals surface area contributed by atoms with Gasteiger partial charge in [0.05, 0.1) is 12.0 Å². The van der Waals surface area contributed by atoms with Crippen molar-refractivity contribution in [3.8, 4) is 0 Å². The summed E-state index contributed by atoms with van der Waals surface area (Å²) in [6.45, 7) is 5.79. The number of hydrogen-bond donors (Lipinski definition) is 1. The van der Waals surface area contributed by atoms with Gasteiger partial charge in [0.1, 0.15) is 0 Å². The molecule has 4 nitrogen and oxygen atoms in total. The van der Waals surface area contributed by atoms with Crippen LogP contribution in [0.25, 0.3) is 0 Å². The summed E-state index contributed by atoms with van der Waals surface area (Å²) in [7, 11) is 0. The van der Waals surface area contributed by atoms with Crippen LogP contribution >= 0.6 is 11.6 Å². The molecule has 0 saturated carbocycles. The Morgan fingerprint density at radius 1 is 1.29 bits per heavy atom. The number of carboxylic acid groups (broad SMARTS) is 1. The first kappa shape index (κ1) is 15.8. The van der Waals surface area contributed by atoms with Crippen molar-refractivity contribution in [2.75, 3.05) is 0 Å². The van der Waals surface area contributed by atoms with E-state index in [9.17, 15) is 14.7 Å². The van der Waals surface area contributed by atoms with Crippen molar-refractivity contribution >= 4 is 23.5 Å². The molecule has 2 rings (SSSR count). The predicted molar refractivity (Wildman–Crippen MR) is 81.2 cm³/mol. The van der Waals surface area contributed by atoms with Crippen molar-refractivity contribution in [1.82, 2.24) is 4.90 Å². The Kier molecular flexibility index (Phi) is 4.28. The van der Waals surface area contributed by atoms with Crippen LogP contribution in [0.2, 0.25) is 5.02 Å². The third kappa shape index (κ3) is 3.21. The van der Waals surface area contributed by atoms with Gasteiger partial charge in [0, 0.05) is 17.0 Å². The first-order valence-electron chi connectivity index (χ1n) is 7.02. The molecule has 0 radical (unpaired) electrons. The van der Waals surface area contributed by atoms with Gasteiger partial charge in [-0.2, -0.15) is 0 Å². The van der Waals surface area contributed by atoms with Crippen molar-refractivity contribution in [2.24, 2.45) is 5.92 Å². The lowest BCUT2D eigenvalue weighted by Gasteiger charge is -2.47. The molecule has 1 heterocycles. The Morgan fingerprint density at radius 3 is 2.33 bits per heavy atom. The monoisotopic (exact) mass is 309 g/mol. The minimum absolute atomic E-state index is 0.0000463. The first-order chi connectivity index (χ1) is 9.71. The maximum absolute atomic E-state index is 12.4. The molecule has 0 spiro atoms. The lowest BCUT2D eigenvalue weighted by molar-refractivity contribution is -0.156. The summed E-state index contributed by atoms with van der Waals surface area (Å²) >= 11 is 5.91. The standard InChI is InChI=1S/C16H20ClNO3/c1-16(2,3)18-13(19)9-8-12(15(20)21)14(18)10-4-6-11(17)7-5-10/h4-7,12,14H,8-9H2,1-3H3,(H,20,21). The van der Waals surface area contributed by atoms with Crippen LogP contribution in [-0.4, -0.2) is 27.4 Å². The van der Waals surface area contributed by atoms with Crippen LogP contribution in [0.4, 0.5) is 0 Å². The second-order valence-corrected chi connectivity index (χ2v) is 6.85. The molecule has 114 valence electrons. The van der Waals surface area contributed by atoms with Gasteiger partial charge in [0.15, 0.2) is 0 Å². The number of carboxylic acids is 1. The number of piperidine rings is 1. The maximum atomic E-state index is 12.4. The van der Waals surface area contributed by atoms with E-state index in [-0.39, 0.29) is 12.3 Å². The Bertz CT molecular complexity index is 548. The number of likely N-dealkylation sites (tertiary alicyclic amines) is 1. The van der Waals surface area contributed by atoms with E-state index in [4.69, 9.17) is 11.6 Å². The zero-order valence-corrected chi connectivity index (χ0v) is 13.2. The molecule has 21 heavy (non-hydrogen) atoms. The maximum Gasteiger partial charge on any atom is 0.308 e. The summed E-state index contributed by atoms with van der Waals surface area (Å²) in [5, 5.41) is 10.1. The normalized spacial score (nSPS) is 23.2. The molecule has 1 fully saturated rings. The molecule has 5 heteroatoms. The van der Waals surface area contributed by atoms with Crippen LogP contribution < -0.4 is 0 Å². The number of benzene rings is 1. The number of nitrogens with zero attached hydrogens (tertiary/aromatic N) is 1. The molecule has 0 aromatic heterocycles. The van der Waals surface area contributed by atoms with Crippen molar-refractivity contribution in [1.29, 1.82) is 0 Å². The second kappa shape index (κ2) is 5.68. The molecule has 2 unspecified atom stereocenters. The van der Waals surface area contributed by atoms with E-state index in [1.54, 1.807) is 29.2 Å². The number of aliphatic carboxylic acids is 1. The molecule has 1 aliphatic heterocycles. The Morgan fingerprint density at radius 2 is 1.86 bits per heavy atom. The van der Waals surface area contributed by atoms with Crippen molar-refractivity contribution in [2.45, 2.75) is 45.2 Å². The summed E-state index contributed by atoms with van der Waals surface area (Å²) in [6.07, 6.45) is 0.645. The fraction of sp³-hybridized carbons (Fsp3) is 0.500. The van der Waals surface area contributed by atoms with E-state index in [0.717, 1.165) is 5.56 Å². The van der Waals surface area contributed by atoms with Crippen molar-refractivity contribution in [3.63, 3.8) is 0 Å². The van der Waals surface area contributed by atoms with Gasteiger partial charge in [-0.3, -0.25) is 9.59 Å². The lowest BCUT2D eigenvalue weighted by Crippen LogP contribution is -2.53. The van der Waals surface area contributed by atoms with Gasteiger partial charge in [-0.15, -0.1) is 0 Å². The van der Waals surface area contributed by atoms with E-state index in [1.165, 1.54) is 0 Å². The lowest BCUT2D eigenvalue weighted by atomic mass is 9.81. The van der Waals surface area contributed by atoms with Crippen LogP contribution in [0.5, 0.6) is 0 Å². The number of carbonyl (C=O) groups is 2. The summed E-state index contributed by atoms with van der Waals surface area (Å²) in [5.41, 5.74) is 0.380. The topological polar surface area (TPSA) is 57.6 Å². The number of amides is 1. The summed E-state index contributed by atoms with van der Waals surface area (Å²) in [5.74, 6) is -1.46. The zero-order chi connectivity index (χ0) is 15.8. The molecule has 1 aliphatic rings. The van der Waals surface area contributed by atoms with E-state index in [2.05, 4.69) is 0 Å². The van der Waals surface area contributed by atoms with Gasteiger partial charge in [-0.25, -0.2) is 0 Å². The van der Waals surface area contributed by atoms with Gasteiger partial charge in [-0.1, -0.05) is 23.7 Å². The molecule has 0 bridgehead atoms. The summed E-state index contributed by atoms with van der Waals surface area (Å²) in [6, 6.07) is 6.62. The van der Waals surface area contributed by atoms with Crippen molar-refractivity contribution < 1.29 is 14.7 Å². The largest absolute Gasteiger partial charge is 0.481 e. The molecule has 0 aliphatic carbocycles. The molecular weight excluding hydrogens is 290 g/mol. The SMILES string of the molecule is CC(C)(C)N1C(=O)CCC(C(=O)O)C1c1ccc(Cl)cc1. The van der Waals surface area contributed by atoms with Crippen LogP contribution in [0.3, 0.4) is 0 Å². The second-order valence-electron chi connectivity index (χ2n) is 6.41. The van der Waals surface area contributed by atoms with E-state index in [0.29, 0.717) is 11.4 Å². The third-order valence-corrected chi connectivity index (χ3v) is 4.10. The van der Waals surface area contributed by atoms with Gasteiger partial charge >= 0.3 is 5.97 Å². The Balaban J connectivity index is 2.51.